The third kappa shape index (κ3) is 4.05. The van der Waals surface area contributed by atoms with Gasteiger partial charge in [-0.25, -0.2) is 31.2 Å². The van der Waals surface area contributed by atoms with E-state index in [1.54, 1.807) is 6.92 Å². The number of sulfonamides is 2. The van der Waals surface area contributed by atoms with Crippen LogP contribution in [0.3, 0.4) is 0 Å². The Kier molecular flexibility index (Phi) is 5.76. The number of thiazole rings is 2. The zero-order valence-corrected chi connectivity index (χ0v) is 19.0. The first kappa shape index (κ1) is 21.5. The van der Waals surface area contributed by atoms with Gasteiger partial charge in [0.1, 0.15) is 10.8 Å². The van der Waals surface area contributed by atoms with Gasteiger partial charge in [-0.2, -0.15) is 8.61 Å². The van der Waals surface area contributed by atoms with Crippen LogP contribution in [0.15, 0.2) is 45.1 Å². The maximum atomic E-state index is 13.1. The minimum atomic E-state index is -3.80. The normalized spacial score (nSPS) is 16.7. The van der Waals surface area contributed by atoms with Crippen LogP contribution in [0.25, 0.3) is 10.6 Å². The molecule has 160 valence electrons. The van der Waals surface area contributed by atoms with Gasteiger partial charge < -0.3 is 0 Å². The molecule has 0 spiro atoms. The van der Waals surface area contributed by atoms with E-state index in [4.69, 9.17) is 0 Å². The van der Waals surface area contributed by atoms with Gasteiger partial charge in [-0.3, -0.25) is 0 Å². The Morgan fingerprint density at radius 1 is 0.833 bits per heavy atom. The van der Waals surface area contributed by atoms with Crippen LogP contribution in [0, 0.1) is 12.7 Å². The molecule has 2 aromatic heterocycles. The van der Waals surface area contributed by atoms with Crippen molar-refractivity contribution in [1.29, 1.82) is 0 Å². The SMILES string of the molecule is Cc1ncc(S(=O)(=O)N2CCN(S(=O)(=O)c3cnc(-c4ccc(F)cc4)s3)CC2)s1. The minimum absolute atomic E-state index is 0.0448. The molecule has 1 aromatic carbocycles. The molecule has 0 atom stereocenters. The highest BCUT2D eigenvalue weighted by atomic mass is 32.3. The second kappa shape index (κ2) is 8.05. The summed E-state index contributed by atoms with van der Waals surface area (Å²) >= 11 is 2.09. The summed E-state index contributed by atoms with van der Waals surface area (Å²) in [4.78, 5) is 8.14. The van der Waals surface area contributed by atoms with Crippen molar-refractivity contribution in [2.45, 2.75) is 15.3 Å². The third-order valence-electron chi connectivity index (χ3n) is 4.56. The first-order chi connectivity index (χ1) is 14.2. The Hall–Kier alpha value is -1.77. The molecule has 1 aliphatic heterocycles. The highest BCUT2D eigenvalue weighted by Crippen LogP contribution is 2.31. The fourth-order valence-electron chi connectivity index (χ4n) is 2.97. The lowest BCUT2D eigenvalue weighted by Gasteiger charge is -2.32. The van der Waals surface area contributed by atoms with Gasteiger partial charge in [-0.15, -0.1) is 22.7 Å². The Labute approximate surface area is 181 Å². The Balaban J connectivity index is 1.48. The van der Waals surface area contributed by atoms with E-state index < -0.39 is 20.0 Å². The van der Waals surface area contributed by atoms with Gasteiger partial charge in [-0.1, -0.05) is 0 Å². The summed E-state index contributed by atoms with van der Waals surface area (Å²) in [5.74, 6) is -0.385. The van der Waals surface area contributed by atoms with Crippen LogP contribution in [0.4, 0.5) is 4.39 Å². The fraction of sp³-hybridized carbons (Fsp3) is 0.294. The van der Waals surface area contributed by atoms with E-state index in [1.807, 2.05) is 0 Å². The van der Waals surface area contributed by atoms with E-state index >= 15 is 0 Å². The molecule has 0 unspecified atom stereocenters. The van der Waals surface area contributed by atoms with Crippen molar-refractivity contribution in [2.75, 3.05) is 26.2 Å². The Morgan fingerprint density at radius 3 is 1.83 bits per heavy atom. The van der Waals surface area contributed by atoms with Crippen molar-refractivity contribution < 1.29 is 21.2 Å². The van der Waals surface area contributed by atoms with E-state index in [1.165, 1.54) is 45.3 Å². The topological polar surface area (TPSA) is 101 Å². The van der Waals surface area contributed by atoms with Crippen molar-refractivity contribution in [3.63, 3.8) is 0 Å². The molecule has 4 rings (SSSR count). The highest BCUT2D eigenvalue weighted by molar-refractivity contribution is 7.91. The minimum Gasteiger partial charge on any atom is -0.249 e. The van der Waals surface area contributed by atoms with Gasteiger partial charge in [0.15, 0.2) is 8.42 Å². The van der Waals surface area contributed by atoms with E-state index in [0.29, 0.717) is 15.6 Å². The molecule has 1 fully saturated rings. The van der Waals surface area contributed by atoms with Gasteiger partial charge in [-0.05, 0) is 31.2 Å². The fourth-order valence-corrected chi connectivity index (χ4v) is 8.37. The lowest BCUT2D eigenvalue weighted by Crippen LogP contribution is -2.50. The molecule has 1 aliphatic rings. The molecule has 0 aliphatic carbocycles. The number of benzene rings is 1. The lowest BCUT2D eigenvalue weighted by atomic mass is 10.2. The maximum absolute atomic E-state index is 13.1. The number of hydrogen-bond acceptors (Lipinski definition) is 8. The molecule has 8 nitrogen and oxygen atoms in total. The molecular weight excluding hydrogens is 471 g/mol. The first-order valence-electron chi connectivity index (χ1n) is 8.82. The zero-order valence-electron chi connectivity index (χ0n) is 15.7. The van der Waals surface area contributed by atoms with Crippen LogP contribution in [-0.4, -0.2) is 61.6 Å². The maximum Gasteiger partial charge on any atom is 0.254 e. The number of piperazine rings is 1. The molecule has 0 bridgehead atoms. The standard InChI is InChI=1S/C17H17FN4O4S4/c1-12-19-10-15(27-12)29(23,24)21-6-8-22(9-7-21)30(25,26)16-11-20-17(28-16)13-2-4-14(18)5-3-13/h2-5,10-11H,6-9H2,1H3. The molecule has 3 aromatic rings. The lowest BCUT2D eigenvalue weighted by molar-refractivity contribution is 0.273. The average molecular weight is 489 g/mol. The number of halogens is 1. The number of aromatic nitrogens is 2. The van der Waals surface area contributed by atoms with Gasteiger partial charge in [0.2, 0.25) is 0 Å². The smallest absolute Gasteiger partial charge is 0.249 e. The van der Waals surface area contributed by atoms with Crippen molar-refractivity contribution >= 4 is 42.7 Å². The van der Waals surface area contributed by atoms with E-state index in [9.17, 15) is 21.2 Å². The second-order valence-electron chi connectivity index (χ2n) is 6.50. The summed E-state index contributed by atoms with van der Waals surface area (Å²) in [6.07, 6.45) is 2.61. The van der Waals surface area contributed by atoms with E-state index in [-0.39, 0.29) is 40.4 Å². The number of aryl methyl sites for hydroxylation is 1. The van der Waals surface area contributed by atoms with Gasteiger partial charge in [0.25, 0.3) is 20.0 Å². The van der Waals surface area contributed by atoms with Crippen LogP contribution in [0.2, 0.25) is 0 Å². The average Bonchev–Trinajstić information content (AvgIpc) is 3.39. The second-order valence-corrected chi connectivity index (χ2v) is 13.1. The molecule has 0 amide bonds. The molecular formula is C17H17FN4O4S4. The zero-order chi connectivity index (χ0) is 21.5. The number of rotatable bonds is 5. The van der Waals surface area contributed by atoms with E-state index in [0.717, 1.165) is 22.7 Å². The monoisotopic (exact) mass is 488 g/mol. The molecule has 13 heteroatoms. The van der Waals surface area contributed by atoms with Crippen LogP contribution >= 0.6 is 22.7 Å². The van der Waals surface area contributed by atoms with Gasteiger partial charge >= 0.3 is 0 Å². The molecule has 3 heterocycles. The van der Waals surface area contributed by atoms with Crippen molar-refractivity contribution in [1.82, 2.24) is 18.6 Å². The van der Waals surface area contributed by atoms with E-state index in [2.05, 4.69) is 9.97 Å². The summed E-state index contributed by atoms with van der Waals surface area (Å²) in [5, 5.41) is 1.12. The molecule has 0 N–H and O–H groups in total. The molecule has 0 saturated carbocycles. The van der Waals surface area contributed by atoms with Gasteiger partial charge in [0.05, 0.1) is 17.4 Å². The van der Waals surface area contributed by atoms with Crippen molar-refractivity contribution in [3.8, 4) is 10.6 Å². The Bertz CT molecular complexity index is 1260. The predicted molar refractivity (Wildman–Crippen MR) is 112 cm³/mol. The number of hydrogen-bond donors (Lipinski definition) is 0. The van der Waals surface area contributed by atoms with Crippen molar-refractivity contribution in [2.24, 2.45) is 0 Å². The summed E-state index contributed by atoms with van der Waals surface area (Å²) < 4.78 is 67.2. The van der Waals surface area contributed by atoms with Crippen LogP contribution in [0.1, 0.15) is 5.01 Å². The molecule has 1 saturated heterocycles. The summed E-state index contributed by atoms with van der Waals surface area (Å²) in [7, 11) is -7.49. The van der Waals surface area contributed by atoms with Gasteiger partial charge in [0, 0.05) is 31.7 Å². The summed E-state index contributed by atoms with van der Waals surface area (Å²) in [6.45, 7) is 1.93. The molecule has 30 heavy (non-hydrogen) atoms. The largest absolute Gasteiger partial charge is 0.254 e. The van der Waals surface area contributed by atoms with Crippen LogP contribution < -0.4 is 0 Å². The summed E-state index contributed by atoms with van der Waals surface area (Å²) in [5.41, 5.74) is 0.624. The predicted octanol–water partition coefficient (Wildman–Crippen LogP) is 2.41. The highest BCUT2D eigenvalue weighted by Gasteiger charge is 2.35. The third-order valence-corrected chi connectivity index (χ3v) is 11.2. The van der Waals surface area contributed by atoms with Crippen LogP contribution in [-0.2, 0) is 20.0 Å². The van der Waals surface area contributed by atoms with Crippen LogP contribution in [0.5, 0.6) is 0 Å². The van der Waals surface area contributed by atoms with Crippen molar-refractivity contribution in [3.05, 3.63) is 47.5 Å². The first-order valence-corrected chi connectivity index (χ1v) is 13.3. The Morgan fingerprint density at radius 2 is 1.33 bits per heavy atom. The molecule has 0 radical (unpaired) electrons. The number of nitrogens with zero attached hydrogens (tertiary/aromatic N) is 4. The summed E-state index contributed by atoms with van der Waals surface area (Å²) in [6, 6.07) is 5.65. The quantitative estimate of drug-likeness (QED) is 0.547.